The molecule has 4 aromatic rings. The molecule has 4 aromatic carbocycles. The highest BCUT2D eigenvalue weighted by Crippen LogP contribution is 2.47. The van der Waals surface area contributed by atoms with E-state index in [4.69, 9.17) is 0 Å². The topological polar surface area (TPSA) is 17.1 Å². The van der Waals surface area contributed by atoms with Crippen LogP contribution in [-0.4, -0.2) is 0 Å². The van der Waals surface area contributed by atoms with Crippen LogP contribution in [0, 0.1) is 0 Å². The molecule has 0 saturated heterocycles. The van der Waals surface area contributed by atoms with Crippen LogP contribution in [0.4, 0.5) is 0 Å². The van der Waals surface area contributed by atoms with Gasteiger partial charge in [0.25, 0.3) is 0 Å². The van der Waals surface area contributed by atoms with Gasteiger partial charge < -0.3 is 4.57 Å². The first-order valence-electron chi connectivity index (χ1n) is 8.34. The van der Waals surface area contributed by atoms with E-state index in [0.717, 1.165) is 0 Å². The second-order valence-electron chi connectivity index (χ2n) is 6.53. The van der Waals surface area contributed by atoms with Crippen LogP contribution < -0.4 is 0 Å². The highest BCUT2D eigenvalue weighted by atomic mass is 31.1. The highest BCUT2D eigenvalue weighted by molar-refractivity contribution is 7.43. The van der Waals surface area contributed by atoms with E-state index < -0.39 is 7.80 Å². The van der Waals surface area contributed by atoms with Crippen molar-refractivity contribution in [1.29, 1.82) is 0 Å². The minimum absolute atomic E-state index is 0.702. The van der Waals surface area contributed by atoms with Crippen LogP contribution in [0.15, 0.2) is 72.8 Å². The Kier molecular flexibility index (Phi) is 3.11. The van der Waals surface area contributed by atoms with E-state index in [-0.39, 0.29) is 0 Å². The smallest absolute Gasteiger partial charge is 0.0846 e. The second-order valence-corrected chi connectivity index (χ2v) is 8.32. The van der Waals surface area contributed by atoms with E-state index in [1.165, 1.54) is 43.8 Å². The standard InChI is InChI=1S/C22H17OP/c23-24-13-17-11-9-15-5-1-3-7-19(15)21(17)22-18(14-24)12-10-16-6-2-4-8-20(16)22/h1-12,24H,13-14H2. The Labute approximate surface area is 141 Å². The average Bonchev–Trinajstić information content (AvgIpc) is 2.77. The van der Waals surface area contributed by atoms with Gasteiger partial charge >= 0.3 is 0 Å². The van der Waals surface area contributed by atoms with Crippen molar-refractivity contribution < 1.29 is 4.57 Å². The van der Waals surface area contributed by atoms with Crippen molar-refractivity contribution in [2.45, 2.75) is 12.3 Å². The maximum absolute atomic E-state index is 12.7. The number of benzene rings is 4. The lowest BCUT2D eigenvalue weighted by Gasteiger charge is -2.15. The molecule has 5 rings (SSSR count). The van der Waals surface area contributed by atoms with Gasteiger partial charge in [-0.1, -0.05) is 72.8 Å². The minimum atomic E-state index is -1.64. The third-order valence-corrected chi connectivity index (χ3v) is 6.61. The molecule has 0 bridgehead atoms. The Morgan fingerprint density at radius 1 is 0.583 bits per heavy atom. The lowest BCUT2D eigenvalue weighted by Crippen LogP contribution is -1.92. The van der Waals surface area contributed by atoms with E-state index in [1.54, 1.807) is 0 Å². The van der Waals surface area contributed by atoms with Crippen molar-refractivity contribution in [3.8, 4) is 11.1 Å². The van der Waals surface area contributed by atoms with Crippen molar-refractivity contribution in [3.63, 3.8) is 0 Å². The molecule has 1 aliphatic heterocycles. The van der Waals surface area contributed by atoms with E-state index in [1.807, 2.05) is 0 Å². The predicted octanol–water partition coefficient (Wildman–Crippen LogP) is 6.23. The summed E-state index contributed by atoms with van der Waals surface area (Å²) in [7, 11) is -1.64. The first-order chi connectivity index (χ1) is 11.8. The van der Waals surface area contributed by atoms with Gasteiger partial charge in [0.05, 0.1) is 7.80 Å². The first-order valence-corrected chi connectivity index (χ1v) is 10.2. The Morgan fingerprint density at radius 3 is 1.54 bits per heavy atom. The fourth-order valence-electron chi connectivity index (χ4n) is 4.01. The SMILES string of the molecule is O=[PH]1Cc2ccc3ccccc3c2-c2c(ccc3ccccc23)C1. The number of hydrogen-bond donors (Lipinski definition) is 0. The molecule has 0 N–H and O–H groups in total. The molecule has 24 heavy (non-hydrogen) atoms. The summed E-state index contributed by atoms with van der Waals surface area (Å²) in [6.07, 6.45) is 1.40. The van der Waals surface area contributed by atoms with Crippen LogP contribution in [0.1, 0.15) is 11.1 Å². The van der Waals surface area contributed by atoms with Gasteiger partial charge in [0.2, 0.25) is 0 Å². The van der Waals surface area contributed by atoms with Crippen molar-refractivity contribution in [1.82, 2.24) is 0 Å². The maximum atomic E-state index is 12.7. The van der Waals surface area contributed by atoms with Crippen molar-refractivity contribution in [3.05, 3.63) is 83.9 Å². The van der Waals surface area contributed by atoms with E-state index in [2.05, 4.69) is 72.8 Å². The fraction of sp³-hybridized carbons (Fsp3) is 0.0909. The van der Waals surface area contributed by atoms with Crippen LogP contribution >= 0.6 is 7.80 Å². The lowest BCUT2D eigenvalue weighted by atomic mass is 9.88. The molecular weight excluding hydrogens is 311 g/mol. The Balaban J connectivity index is 2.02. The summed E-state index contributed by atoms with van der Waals surface area (Å²) in [4.78, 5) is 0. The van der Waals surface area contributed by atoms with Gasteiger partial charge in [0.1, 0.15) is 0 Å². The Morgan fingerprint density at radius 2 is 1.04 bits per heavy atom. The molecule has 116 valence electrons. The third-order valence-electron chi connectivity index (χ3n) is 5.06. The van der Waals surface area contributed by atoms with Crippen LogP contribution in [0.25, 0.3) is 32.7 Å². The fourth-order valence-corrected chi connectivity index (χ4v) is 5.57. The monoisotopic (exact) mass is 328 g/mol. The molecule has 0 radical (unpaired) electrons. The van der Waals surface area contributed by atoms with E-state index >= 15 is 0 Å². The van der Waals surface area contributed by atoms with Gasteiger partial charge in [-0.3, -0.25) is 0 Å². The zero-order valence-electron chi connectivity index (χ0n) is 13.3. The molecule has 0 aliphatic carbocycles. The number of hydrogen-bond acceptors (Lipinski definition) is 1. The molecule has 0 aromatic heterocycles. The summed E-state index contributed by atoms with van der Waals surface area (Å²) < 4.78 is 12.7. The molecule has 0 spiro atoms. The second kappa shape index (κ2) is 5.33. The van der Waals surface area contributed by atoms with Gasteiger partial charge in [0, 0.05) is 12.3 Å². The maximum Gasteiger partial charge on any atom is 0.0846 e. The molecule has 0 saturated carbocycles. The van der Waals surface area contributed by atoms with Gasteiger partial charge in [-0.05, 0) is 43.8 Å². The summed E-state index contributed by atoms with van der Waals surface area (Å²) >= 11 is 0. The van der Waals surface area contributed by atoms with Crippen molar-refractivity contribution >= 4 is 29.3 Å². The largest absolute Gasteiger partial charge is 0.326 e. The van der Waals surface area contributed by atoms with E-state index in [9.17, 15) is 4.57 Å². The predicted molar refractivity (Wildman–Crippen MR) is 103 cm³/mol. The molecular formula is C22H17OP. The number of rotatable bonds is 0. The summed E-state index contributed by atoms with van der Waals surface area (Å²) in [5.41, 5.74) is 5.03. The molecule has 1 aliphatic rings. The van der Waals surface area contributed by atoms with E-state index in [0.29, 0.717) is 12.3 Å². The average molecular weight is 328 g/mol. The van der Waals surface area contributed by atoms with Gasteiger partial charge in [-0.2, -0.15) is 0 Å². The highest BCUT2D eigenvalue weighted by Gasteiger charge is 2.22. The molecule has 0 unspecified atom stereocenters. The quantitative estimate of drug-likeness (QED) is 0.350. The summed E-state index contributed by atoms with van der Waals surface area (Å²) in [5.74, 6) is 0. The van der Waals surface area contributed by atoms with Crippen molar-refractivity contribution in [2.24, 2.45) is 0 Å². The zero-order valence-corrected chi connectivity index (χ0v) is 14.3. The van der Waals surface area contributed by atoms with Crippen LogP contribution in [0.5, 0.6) is 0 Å². The minimum Gasteiger partial charge on any atom is -0.326 e. The molecule has 2 heteroatoms. The Bertz CT molecular complexity index is 1040. The molecule has 0 fully saturated rings. The normalized spacial score (nSPS) is 14.3. The van der Waals surface area contributed by atoms with Gasteiger partial charge in [-0.25, -0.2) is 0 Å². The lowest BCUT2D eigenvalue weighted by molar-refractivity contribution is 0.587. The Hall–Kier alpha value is -2.37. The summed E-state index contributed by atoms with van der Waals surface area (Å²) in [6.45, 7) is 0. The van der Waals surface area contributed by atoms with Gasteiger partial charge in [-0.15, -0.1) is 0 Å². The summed E-state index contributed by atoms with van der Waals surface area (Å²) in [6, 6.07) is 25.8. The third kappa shape index (κ3) is 2.05. The molecule has 1 heterocycles. The molecule has 0 amide bonds. The van der Waals surface area contributed by atoms with Crippen LogP contribution in [0.2, 0.25) is 0 Å². The van der Waals surface area contributed by atoms with Crippen LogP contribution in [0.3, 0.4) is 0 Å². The number of fused-ring (bicyclic) bond motifs is 7. The molecule has 1 nitrogen and oxygen atoms in total. The van der Waals surface area contributed by atoms with Crippen LogP contribution in [-0.2, 0) is 16.9 Å². The van der Waals surface area contributed by atoms with Gasteiger partial charge in [0.15, 0.2) is 0 Å². The summed E-state index contributed by atoms with van der Waals surface area (Å²) in [5, 5.41) is 5.03. The zero-order chi connectivity index (χ0) is 16.1. The van der Waals surface area contributed by atoms with Crippen molar-refractivity contribution in [2.75, 3.05) is 0 Å². The molecule has 0 atom stereocenters. The first kappa shape index (κ1) is 14.0.